The number of alkyl halides is 2. The summed E-state index contributed by atoms with van der Waals surface area (Å²) in [5.41, 5.74) is -3.03. The standard InChI is InChI=1S/C18H26F2NO6P.W/c1-11(2)25-17(23)12(3)21-28(27-14-8-6-5-7-9-14)24-10-18(20)16(22)15(19)13(4)26-18;/h5-9,11-13,15-16,21-22H,10H2,1-4H3;/t12?,13-,15-,16-,18+,28?;/m0./s1. The number of esters is 1. The van der Waals surface area contributed by atoms with Crippen molar-refractivity contribution in [2.24, 2.45) is 0 Å². The zero-order valence-corrected chi connectivity index (χ0v) is 20.4. The summed E-state index contributed by atoms with van der Waals surface area (Å²) in [6.07, 6.45) is -5.28. The molecule has 1 saturated heterocycles. The molecule has 164 valence electrons. The van der Waals surface area contributed by atoms with Crippen molar-refractivity contribution in [3.63, 3.8) is 0 Å². The maximum atomic E-state index is 15.0. The van der Waals surface area contributed by atoms with Crippen LogP contribution < -0.4 is 9.61 Å². The van der Waals surface area contributed by atoms with Gasteiger partial charge in [-0.15, -0.1) is 0 Å². The van der Waals surface area contributed by atoms with Gasteiger partial charge in [-0.1, -0.05) is 0 Å². The Morgan fingerprint density at radius 3 is 2.52 bits per heavy atom. The van der Waals surface area contributed by atoms with Crippen molar-refractivity contribution in [2.75, 3.05) is 6.61 Å². The molecule has 6 atom stereocenters. The third kappa shape index (κ3) is 6.64. The number of para-hydroxylation sites is 1. The van der Waals surface area contributed by atoms with Crippen LogP contribution in [-0.2, 0) is 37.6 Å². The monoisotopic (exact) mass is 605 g/mol. The van der Waals surface area contributed by atoms with Crippen LogP contribution >= 0.6 is 5.50 Å². The number of carbonyl (C=O) groups excluding carboxylic acids is 1. The maximum absolute atomic E-state index is 15.0. The van der Waals surface area contributed by atoms with Crippen LogP contribution in [0.25, 0.3) is 0 Å². The summed E-state index contributed by atoms with van der Waals surface area (Å²) in [6, 6.07) is 7.87. The molecule has 1 heterocycles. The van der Waals surface area contributed by atoms with Gasteiger partial charge in [0.15, 0.2) is 0 Å². The molecule has 1 aliphatic rings. The summed E-state index contributed by atoms with van der Waals surface area (Å²) >= 11 is 0.765. The van der Waals surface area contributed by atoms with E-state index in [1.807, 2.05) is 0 Å². The Morgan fingerprint density at radius 2 is 2.00 bits per heavy atom. The van der Waals surface area contributed by atoms with E-state index in [2.05, 4.69) is 5.09 Å². The molecule has 7 nitrogen and oxygen atoms in total. The third-order valence-electron chi connectivity index (χ3n) is 4.03. The summed E-state index contributed by atoms with van der Waals surface area (Å²) in [7, 11) is 0. The topological polar surface area (TPSA) is 86.3 Å². The van der Waals surface area contributed by atoms with Gasteiger partial charge in [-0.05, 0) is 0 Å². The van der Waals surface area contributed by atoms with Crippen molar-refractivity contribution in [2.45, 2.75) is 64.1 Å². The van der Waals surface area contributed by atoms with E-state index < -0.39 is 48.4 Å². The summed E-state index contributed by atoms with van der Waals surface area (Å²) in [4.78, 5) is 12.2. The van der Waals surface area contributed by atoms with E-state index in [9.17, 15) is 18.7 Å². The van der Waals surface area contributed by atoms with Crippen molar-refractivity contribution in [3.8, 4) is 5.75 Å². The van der Waals surface area contributed by atoms with Crippen LogP contribution in [0.2, 0.25) is 0 Å². The van der Waals surface area contributed by atoms with Gasteiger partial charge in [-0.3, -0.25) is 0 Å². The predicted molar refractivity (Wildman–Crippen MR) is 99.1 cm³/mol. The Kier molecular flexibility index (Phi) is 8.54. The molecule has 29 heavy (non-hydrogen) atoms. The van der Waals surface area contributed by atoms with Crippen LogP contribution in [-0.4, -0.2) is 54.1 Å². The Bertz CT molecular complexity index is 742. The van der Waals surface area contributed by atoms with Crippen LogP contribution in [0.4, 0.5) is 8.78 Å². The zero-order chi connectivity index (χ0) is 21.8. The molecule has 0 bridgehead atoms. The van der Waals surface area contributed by atoms with Gasteiger partial charge in [0.1, 0.15) is 0 Å². The Labute approximate surface area is 179 Å². The SMILES string of the molecule is CC(C)OC(=O)C(C)N[P](=[W])(OC[C@@]1(F)O[C@@H](C)[C@H](F)[C@@H]1O)Oc1ccccc1. The fourth-order valence-electron chi connectivity index (χ4n) is 2.56. The Hall–Kier alpha value is -0.692. The average molecular weight is 605 g/mol. The molecule has 1 fully saturated rings. The summed E-state index contributed by atoms with van der Waals surface area (Å²) in [5, 5.41) is 12.8. The molecule has 2 N–H and O–H groups in total. The first-order chi connectivity index (χ1) is 13.5. The van der Waals surface area contributed by atoms with Gasteiger partial charge in [0, 0.05) is 0 Å². The van der Waals surface area contributed by atoms with Crippen LogP contribution in [0.15, 0.2) is 30.3 Å². The van der Waals surface area contributed by atoms with E-state index in [1.54, 1.807) is 51.1 Å². The number of ether oxygens (including phenoxy) is 2. The number of hydrogen-bond acceptors (Lipinski definition) is 7. The molecule has 0 aromatic heterocycles. The van der Waals surface area contributed by atoms with E-state index in [0.29, 0.717) is 5.75 Å². The molecular weight excluding hydrogens is 579 g/mol. The molecule has 1 aromatic carbocycles. The summed E-state index contributed by atoms with van der Waals surface area (Å²) < 4.78 is 50.6. The van der Waals surface area contributed by atoms with Crippen molar-refractivity contribution >= 4 is 11.5 Å². The van der Waals surface area contributed by atoms with Crippen molar-refractivity contribution in [1.29, 1.82) is 0 Å². The average Bonchev–Trinajstić information content (AvgIpc) is 2.84. The van der Waals surface area contributed by atoms with Crippen molar-refractivity contribution in [1.82, 2.24) is 5.09 Å². The Balaban J connectivity index is 2.16. The van der Waals surface area contributed by atoms with Crippen LogP contribution in [0.1, 0.15) is 27.7 Å². The molecule has 0 aliphatic carbocycles. The first kappa shape index (κ1) is 24.6. The summed E-state index contributed by atoms with van der Waals surface area (Å²) in [5.74, 6) is -2.79. The van der Waals surface area contributed by atoms with E-state index in [-0.39, 0.29) is 6.10 Å². The first-order valence-corrected chi connectivity index (χ1v) is 14.6. The molecular formula is C18H26F2NO6PW. The van der Waals surface area contributed by atoms with Gasteiger partial charge >= 0.3 is 179 Å². The van der Waals surface area contributed by atoms with Crippen LogP contribution in [0, 0.1) is 0 Å². The zero-order valence-electron chi connectivity index (χ0n) is 16.6. The number of rotatable bonds is 9. The number of aliphatic hydroxyl groups is 1. The minimum absolute atomic E-state index is 0.307. The second kappa shape index (κ2) is 10.1. The quantitative estimate of drug-likeness (QED) is 0.331. The van der Waals surface area contributed by atoms with Gasteiger partial charge in [-0.2, -0.15) is 0 Å². The van der Waals surface area contributed by atoms with Gasteiger partial charge in [-0.25, -0.2) is 0 Å². The van der Waals surface area contributed by atoms with Gasteiger partial charge in [0.05, 0.1) is 0 Å². The van der Waals surface area contributed by atoms with E-state index >= 15 is 0 Å². The van der Waals surface area contributed by atoms with Gasteiger partial charge in [0.2, 0.25) is 0 Å². The molecule has 0 radical (unpaired) electrons. The minimum atomic E-state index is -3.03. The first-order valence-electron chi connectivity index (χ1n) is 9.12. The number of hydrogen-bond donors (Lipinski definition) is 2. The molecule has 0 amide bonds. The van der Waals surface area contributed by atoms with Crippen LogP contribution in [0.5, 0.6) is 5.75 Å². The summed E-state index contributed by atoms with van der Waals surface area (Å²) in [6.45, 7) is 5.59. The molecule has 0 spiro atoms. The van der Waals surface area contributed by atoms with E-state index in [1.165, 1.54) is 6.92 Å². The van der Waals surface area contributed by atoms with E-state index in [0.717, 1.165) is 18.8 Å². The predicted octanol–water partition coefficient (Wildman–Crippen LogP) is 3.02. The number of aliphatic hydroxyl groups excluding tert-OH is 1. The molecule has 11 heteroatoms. The number of halogens is 2. The number of nitrogens with one attached hydrogen (secondary N) is 1. The Morgan fingerprint density at radius 1 is 1.38 bits per heavy atom. The van der Waals surface area contributed by atoms with Crippen LogP contribution in [0.3, 0.4) is 0 Å². The fourth-order valence-corrected chi connectivity index (χ4v) is 7.27. The van der Waals surface area contributed by atoms with Crippen molar-refractivity contribution in [3.05, 3.63) is 30.3 Å². The third-order valence-corrected chi connectivity index (χ3v) is 8.73. The molecule has 1 aromatic rings. The second-order valence-electron chi connectivity index (χ2n) is 7.01. The molecule has 0 saturated carbocycles. The van der Waals surface area contributed by atoms with Gasteiger partial charge < -0.3 is 0 Å². The van der Waals surface area contributed by atoms with Gasteiger partial charge in [0.25, 0.3) is 0 Å². The molecule has 2 unspecified atom stereocenters. The fraction of sp³-hybridized carbons (Fsp3) is 0.611. The van der Waals surface area contributed by atoms with E-state index in [4.69, 9.17) is 18.5 Å². The normalized spacial score (nSPS) is 30.0. The van der Waals surface area contributed by atoms with Crippen molar-refractivity contribution < 1.29 is 56.0 Å². The molecule has 1 aliphatic heterocycles. The number of benzene rings is 1. The second-order valence-corrected chi connectivity index (χ2v) is 13.9. The number of carbonyl (C=O) groups is 1. The molecule has 2 rings (SSSR count).